The van der Waals surface area contributed by atoms with Crippen LogP contribution in [-0.2, 0) is 0 Å². The molecule has 1 heterocycles. The van der Waals surface area contributed by atoms with Crippen LogP contribution in [0.15, 0.2) is 16.8 Å². The van der Waals surface area contributed by atoms with Gasteiger partial charge in [-0.3, -0.25) is 12.9 Å². The van der Waals surface area contributed by atoms with Crippen molar-refractivity contribution in [1.29, 1.82) is 0 Å². The fourth-order valence-corrected chi connectivity index (χ4v) is 3.63. The topological polar surface area (TPSA) is 24.4 Å². The monoisotopic (exact) mass is 372 g/mol. The van der Waals surface area contributed by atoms with E-state index in [-0.39, 0.29) is 0 Å². The molecule has 0 saturated carbocycles. The highest BCUT2D eigenvalue weighted by Gasteiger charge is 2.09. The van der Waals surface area contributed by atoms with Crippen LogP contribution in [0.3, 0.4) is 0 Å². The van der Waals surface area contributed by atoms with Gasteiger partial charge in [0.2, 0.25) is 0 Å². The summed E-state index contributed by atoms with van der Waals surface area (Å²) >= 11 is 0. The molecule has 0 aromatic heterocycles. The summed E-state index contributed by atoms with van der Waals surface area (Å²) in [4.78, 5) is 0. The molecule has 1 aliphatic heterocycles. The molecule has 0 unspecified atom stereocenters. The van der Waals surface area contributed by atoms with E-state index in [1.807, 2.05) is 0 Å². The average Bonchev–Trinajstić information content (AvgIpc) is 2.70. The molecule has 26 heavy (non-hydrogen) atoms. The number of halogens is 3. The summed E-state index contributed by atoms with van der Waals surface area (Å²) in [6.45, 7) is 1.05. The Hall–Kier alpha value is -0.935. The van der Waals surface area contributed by atoms with E-state index >= 15 is 0 Å². The summed E-state index contributed by atoms with van der Waals surface area (Å²) in [5.41, 5.74) is 6.29. The van der Waals surface area contributed by atoms with Gasteiger partial charge in [-0.1, -0.05) is 63.9 Å². The van der Waals surface area contributed by atoms with E-state index in [0.29, 0.717) is 0 Å². The fraction of sp³-hybridized carbons (Fsp3) is 0.850. The highest BCUT2D eigenvalue weighted by molar-refractivity contribution is 6.33. The SMILES string of the molecule is C1=C(C2=NNCCCCCCCC2)CCCCCCCCC1.FB(F)F. The first-order valence-corrected chi connectivity index (χ1v) is 10.6. The second-order valence-electron chi connectivity index (χ2n) is 7.33. The minimum atomic E-state index is -3.67. The van der Waals surface area contributed by atoms with Crippen LogP contribution >= 0.6 is 0 Å². The Labute approximate surface area is 158 Å². The highest BCUT2D eigenvalue weighted by atomic mass is 19.4. The summed E-state index contributed by atoms with van der Waals surface area (Å²) in [6, 6.07) is 0. The van der Waals surface area contributed by atoms with Crippen molar-refractivity contribution in [1.82, 2.24) is 5.43 Å². The Morgan fingerprint density at radius 3 is 1.85 bits per heavy atom. The lowest BCUT2D eigenvalue weighted by Gasteiger charge is -2.12. The van der Waals surface area contributed by atoms with E-state index < -0.39 is 7.54 Å². The number of nitrogens with zero attached hydrogens (tertiary/aromatic N) is 1. The first kappa shape index (κ1) is 23.1. The molecule has 0 fully saturated rings. The van der Waals surface area contributed by atoms with Gasteiger partial charge in [0.1, 0.15) is 0 Å². The molecule has 0 aromatic rings. The molecule has 2 nitrogen and oxygen atoms in total. The second kappa shape index (κ2) is 16.3. The number of hydrogen-bond acceptors (Lipinski definition) is 2. The van der Waals surface area contributed by atoms with Crippen molar-refractivity contribution in [3.8, 4) is 0 Å². The molecule has 0 atom stereocenters. The van der Waals surface area contributed by atoms with Crippen LogP contribution in [0, 0.1) is 0 Å². The van der Waals surface area contributed by atoms with Gasteiger partial charge in [0, 0.05) is 6.54 Å². The molecule has 0 amide bonds. The van der Waals surface area contributed by atoms with Gasteiger partial charge in [-0.2, -0.15) is 5.10 Å². The number of allylic oxidation sites excluding steroid dienone is 2. The molecule has 2 rings (SSSR count). The zero-order valence-corrected chi connectivity index (χ0v) is 16.3. The van der Waals surface area contributed by atoms with Crippen LogP contribution in [0.25, 0.3) is 0 Å². The third kappa shape index (κ3) is 13.3. The summed E-state index contributed by atoms with van der Waals surface area (Å²) < 4.78 is 29.0. The predicted molar refractivity (Wildman–Crippen MR) is 106 cm³/mol. The first-order chi connectivity index (χ1) is 12.7. The largest absolute Gasteiger partial charge is 0.762 e. The molecule has 1 aliphatic carbocycles. The Kier molecular flexibility index (Phi) is 14.4. The third-order valence-electron chi connectivity index (χ3n) is 5.08. The number of nitrogens with one attached hydrogen (secondary N) is 1. The van der Waals surface area contributed by atoms with E-state index in [2.05, 4.69) is 11.5 Å². The zero-order valence-electron chi connectivity index (χ0n) is 16.3. The van der Waals surface area contributed by atoms with E-state index in [1.54, 1.807) is 5.57 Å². The van der Waals surface area contributed by atoms with Crippen molar-refractivity contribution >= 4 is 13.3 Å². The van der Waals surface area contributed by atoms with Gasteiger partial charge >= 0.3 is 7.54 Å². The standard InChI is InChI=1S/C20H36N2.BF3/c1-2-4-8-12-16-19(15-11-7-3-1)20-17-13-9-5-6-10-14-18-21-22-20;2-1(3)4/h15,21H,1-14,16-18H2;. The van der Waals surface area contributed by atoms with Crippen LogP contribution in [0.1, 0.15) is 103 Å². The number of hydrogen-bond donors (Lipinski definition) is 1. The fourth-order valence-electron chi connectivity index (χ4n) is 3.63. The van der Waals surface area contributed by atoms with Gasteiger partial charge in [0.15, 0.2) is 0 Å². The Morgan fingerprint density at radius 1 is 0.692 bits per heavy atom. The van der Waals surface area contributed by atoms with E-state index in [0.717, 1.165) is 6.54 Å². The maximum absolute atomic E-state index is 9.67. The van der Waals surface area contributed by atoms with Crippen LogP contribution in [-0.4, -0.2) is 19.8 Å². The van der Waals surface area contributed by atoms with Crippen LogP contribution < -0.4 is 5.43 Å². The van der Waals surface area contributed by atoms with Gasteiger partial charge in [-0.25, -0.2) is 0 Å². The molecule has 0 bridgehead atoms. The molecule has 0 saturated heterocycles. The van der Waals surface area contributed by atoms with Gasteiger partial charge < -0.3 is 5.43 Å². The Morgan fingerprint density at radius 2 is 1.19 bits per heavy atom. The van der Waals surface area contributed by atoms with E-state index in [1.165, 1.54) is 108 Å². The Bertz CT molecular complexity index is 364. The predicted octanol–water partition coefficient (Wildman–Crippen LogP) is 7.01. The third-order valence-corrected chi connectivity index (χ3v) is 5.08. The van der Waals surface area contributed by atoms with E-state index in [9.17, 15) is 12.9 Å². The molecular weight excluding hydrogens is 336 g/mol. The van der Waals surface area contributed by atoms with Crippen LogP contribution in [0.4, 0.5) is 12.9 Å². The lowest BCUT2D eigenvalue weighted by atomic mass is 9.97. The lowest BCUT2D eigenvalue weighted by molar-refractivity contribution is 0.535. The highest BCUT2D eigenvalue weighted by Crippen LogP contribution is 2.20. The van der Waals surface area contributed by atoms with Crippen molar-refractivity contribution in [3.05, 3.63) is 11.6 Å². The quantitative estimate of drug-likeness (QED) is 0.492. The van der Waals surface area contributed by atoms with Crippen LogP contribution in [0.5, 0.6) is 0 Å². The molecule has 1 N–H and O–H groups in total. The minimum absolute atomic E-state index is 1.05. The second-order valence-corrected chi connectivity index (χ2v) is 7.33. The van der Waals surface area contributed by atoms with Gasteiger partial charge in [-0.05, 0) is 50.5 Å². The smallest absolute Gasteiger partial charge is 0.310 e. The number of hydrazone groups is 1. The van der Waals surface area contributed by atoms with Crippen molar-refractivity contribution in [3.63, 3.8) is 0 Å². The molecule has 150 valence electrons. The van der Waals surface area contributed by atoms with E-state index in [4.69, 9.17) is 5.10 Å². The van der Waals surface area contributed by atoms with Gasteiger partial charge in [0.05, 0.1) is 5.71 Å². The molecule has 2 aliphatic rings. The molecule has 6 heteroatoms. The van der Waals surface area contributed by atoms with Crippen molar-refractivity contribution in [2.45, 2.75) is 103 Å². The van der Waals surface area contributed by atoms with Crippen molar-refractivity contribution in [2.24, 2.45) is 5.10 Å². The first-order valence-electron chi connectivity index (χ1n) is 10.6. The van der Waals surface area contributed by atoms with Gasteiger partial charge in [-0.15, -0.1) is 0 Å². The number of rotatable bonds is 1. The molecule has 0 aromatic carbocycles. The minimum Gasteiger partial charge on any atom is -0.310 e. The lowest BCUT2D eigenvalue weighted by Crippen LogP contribution is -2.14. The molecular formula is C20H36BF3N2. The summed E-state index contributed by atoms with van der Waals surface area (Å²) in [7, 11) is -3.67. The van der Waals surface area contributed by atoms with Crippen molar-refractivity contribution in [2.75, 3.05) is 6.54 Å². The zero-order chi connectivity index (χ0) is 18.9. The van der Waals surface area contributed by atoms with Gasteiger partial charge in [0.25, 0.3) is 0 Å². The molecule has 0 spiro atoms. The van der Waals surface area contributed by atoms with Crippen LogP contribution in [0.2, 0.25) is 0 Å². The summed E-state index contributed by atoms with van der Waals surface area (Å²) in [6.07, 6.45) is 24.2. The maximum Gasteiger partial charge on any atom is 0.762 e. The Balaban J connectivity index is 0.000000765. The summed E-state index contributed by atoms with van der Waals surface area (Å²) in [5, 5.41) is 4.80. The van der Waals surface area contributed by atoms with Crippen molar-refractivity contribution < 1.29 is 12.9 Å². The molecule has 0 radical (unpaired) electrons. The normalized spacial score (nSPS) is 21.3. The summed E-state index contributed by atoms with van der Waals surface area (Å²) in [5.74, 6) is 0. The maximum atomic E-state index is 9.67. The average molecular weight is 372 g/mol.